The number of hydrogen-bond donors (Lipinski definition) is 1. The fraction of sp³-hybridized carbons (Fsp3) is 0.625. The molecule has 0 spiro atoms. The van der Waals surface area contributed by atoms with Crippen LogP contribution < -0.4 is 10.1 Å². The molecule has 1 N–H and O–H groups in total. The molecule has 0 bridgehead atoms. The van der Waals surface area contributed by atoms with E-state index in [0.29, 0.717) is 12.6 Å². The first-order valence-electron chi connectivity index (χ1n) is 7.66. The van der Waals surface area contributed by atoms with Crippen molar-refractivity contribution in [1.82, 2.24) is 10.2 Å². The molecule has 0 atom stereocenters. The molecule has 21 heavy (non-hydrogen) atoms. The predicted octanol–water partition coefficient (Wildman–Crippen LogP) is 1.63. The van der Waals surface area contributed by atoms with Crippen LogP contribution in [0.25, 0.3) is 0 Å². The van der Waals surface area contributed by atoms with Gasteiger partial charge in [0.15, 0.2) is 0 Å². The minimum absolute atomic E-state index is 0.485. The van der Waals surface area contributed by atoms with Gasteiger partial charge in [-0.1, -0.05) is 26.0 Å². The molecule has 0 unspecified atom stereocenters. The Kier molecular flexibility index (Phi) is 6.67. The smallest absolute Gasteiger partial charge is 0.119 e. The van der Waals surface area contributed by atoms with E-state index in [1.54, 1.807) is 0 Å². The van der Waals surface area contributed by atoms with Crippen molar-refractivity contribution >= 4 is 10.8 Å². The third kappa shape index (κ3) is 6.16. The quantitative estimate of drug-likeness (QED) is 0.831. The van der Waals surface area contributed by atoms with Crippen molar-refractivity contribution in [2.75, 3.05) is 37.7 Å². The summed E-state index contributed by atoms with van der Waals surface area (Å²) in [6.07, 6.45) is 0. The number of ether oxygens (including phenoxy) is 1. The maximum absolute atomic E-state index is 11.3. The highest BCUT2D eigenvalue weighted by Gasteiger charge is 2.14. The van der Waals surface area contributed by atoms with Gasteiger partial charge >= 0.3 is 0 Å². The molecule has 4 nitrogen and oxygen atoms in total. The molecule has 1 saturated heterocycles. The van der Waals surface area contributed by atoms with Crippen LogP contribution in [0.5, 0.6) is 5.75 Å². The molecular weight excluding hydrogens is 284 g/mol. The molecule has 0 amide bonds. The van der Waals surface area contributed by atoms with Crippen molar-refractivity contribution in [2.24, 2.45) is 0 Å². The highest BCUT2D eigenvalue weighted by atomic mass is 32.2. The van der Waals surface area contributed by atoms with Gasteiger partial charge < -0.3 is 10.1 Å². The molecule has 1 aliphatic heterocycles. The van der Waals surface area contributed by atoms with Crippen LogP contribution in [0.3, 0.4) is 0 Å². The summed E-state index contributed by atoms with van der Waals surface area (Å²) in [6, 6.07) is 8.74. The first kappa shape index (κ1) is 16.5. The van der Waals surface area contributed by atoms with Gasteiger partial charge in [-0.15, -0.1) is 0 Å². The zero-order valence-corrected chi connectivity index (χ0v) is 13.8. The molecular formula is C16H26N2O2S. The zero-order chi connectivity index (χ0) is 15.1. The Morgan fingerprint density at radius 2 is 2.10 bits per heavy atom. The monoisotopic (exact) mass is 310 g/mol. The van der Waals surface area contributed by atoms with E-state index < -0.39 is 10.8 Å². The molecule has 1 aromatic rings. The van der Waals surface area contributed by atoms with Gasteiger partial charge in [-0.2, -0.15) is 0 Å². The van der Waals surface area contributed by atoms with E-state index in [2.05, 4.69) is 36.2 Å². The van der Waals surface area contributed by atoms with Crippen LogP contribution >= 0.6 is 0 Å². The van der Waals surface area contributed by atoms with E-state index in [9.17, 15) is 4.21 Å². The Balaban J connectivity index is 1.72. The van der Waals surface area contributed by atoms with Crippen LogP contribution in [-0.4, -0.2) is 52.9 Å². The van der Waals surface area contributed by atoms with Crippen LogP contribution in [-0.2, 0) is 17.3 Å². The van der Waals surface area contributed by atoms with Crippen molar-refractivity contribution in [3.8, 4) is 5.75 Å². The molecule has 5 heteroatoms. The van der Waals surface area contributed by atoms with Gasteiger partial charge in [0.25, 0.3) is 0 Å². The van der Waals surface area contributed by atoms with Gasteiger partial charge in [0.05, 0.1) is 0 Å². The summed E-state index contributed by atoms with van der Waals surface area (Å²) in [5, 5.41) is 3.41. The molecule has 1 heterocycles. The average molecular weight is 310 g/mol. The molecule has 1 aliphatic rings. The molecule has 0 saturated carbocycles. The van der Waals surface area contributed by atoms with E-state index in [-0.39, 0.29) is 0 Å². The Bertz CT molecular complexity index is 455. The molecule has 0 aromatic heterocycles. The molecule has 118 valence electrons. The minimum Gasteiger partial charge on any atom is -0.492 e. The summed E-state index contributed by atoms with van der Waals surface area (Å²) in [7, 11) is -0.601. The lowest BCUT2D eigenvalue weighted by Crippen LogP contribution is -2.39. The summed E-state index contributed by atoms with van der Waals surface area (Å²) < 4.78 is 17.1. The highest BCUT2D eigenvalue weighted by Crippen LogP contribution is 2.13. The Labute approximate surface area is 130 Å². The first-order chi connectivity index (χ1) is 10.1. The normalized spacial score (nSPS) is 17.3. The highest BCUT2D eigenvalue weighted by molar-refractivity contribution is 7.85. The SMILES string of the molecule is CC(C)NCc1cccc(OCCN2CCS(=O)CC2)c1. The van der Waals surface area contributed by atoms with E-state index in [1.165, 1.54) is 5.56 Å². The van der Waals surface area contributed by atoms with E-state index in [0.717, 1.165) is 43.4 Å². The summed E-state index contributed by atoms with van der Waals surface area (Å²) in [5.74, 6) is 2.53. The predicted molar refractivity (Wildman–Crippen MR) is 88.2 cm³/mol. The number of rotatable bonds is 7. The number of nitrogens with zero attached hydrogens (tertiary/aromatic N) is 1. The second-order valence-corrected chi connectivity index (χ2v) is 7.42. The molecule has 2 rings (SSSR count). The topological polar surface area (TPSA) is 41.6 Å². The third-order valence-corrected chi connectivity index (χ3v) is 4.84. The van der Waals surface area contributed by atoms with Crippen molar-refractivity contribution in [3.63, 3.8) is 0 Å². The van der Waals surface area contributed by atoms with Crippen LogP contribution in [0.2, 0.25) is 0 Å². The number of benzene rings is 1. The molecule has 1 fully saturated rings. The number of nitrogens with one attached hydrogen (secondary N) is 1. The van der Waals surface area contributed by atoms with Gasteiger partial charge in [0.1, 0.15) is 12.4 Å². The van der Waals surface area contributed by atoms with Crippen molar-refractivity contribution < 1.29 is 8.95 Å². The second-order valence-electron chi connectivity index (χ2n) is 5.72. The molecule has 1 aromatic carbocycles. The maximum Gasteiger partial charge on any atom is 0.119 e. The summed E-state index contributed by atoms with van der Waals surface area (Å²) >= 11 is 0. The lowest BCUT2D eigenvalue weighted by Gasteiger charge is -2.25. The van der Waals surface area contributed by atoms with Gasteiger partial charge in [-0.25, -0.2) is 0 Å². The zero-order valence-electron chi connectivity index (χ0n) is 13.0. The van der Waals surface area contributed by atoms with E-state index >= 15 is 0 Å². The fourth-order valence-electron chi connectivity index (χ4n) is 2.26. The van der Waals surface area contributed by atoms with Crippen LogP contribution in [0.4, 0.5) is 0 Å². The lowest BCUT2D eigenvalue weighted by atomic mass is 10.2. The van der Waals surface area contributed by atoms with E-state index in [4.69, 9.17) is 4.74 Å². The fourth-order valence-corrected chi connectivity index (χ4v) is 3.39. The largest absolute Gasteiger partial charge is 0.492 e. The van der Waals surface area contributed by atoms with Gasteiger partial charge in [-0.05, 0) is 17.7 Å². The first-order valence-corrected chi connectivity index (χ1v) is 9.15. The Morgan fingerprint density at radius 3 is 2.81 bits per heavy atom. The summed E-state index contributed by atoms with van der Waals surface area (Å²) in [4.78, 5) is 2.32. The summed E-state index contributed by atoms with van der Waals surface area (Å²) in [6.45, 7) is 8.60. The van der Waals surface area contributed by atoms with Gasteiger partial charge in [0.2, 0.25) is 0 Å². The van der Waals surface area contributed by atoms with Crippen molar-refractivity contribution in [3.05, 3.63) is 29.8 Å². The lowest BCUT2D eigenvalue weighted by molar-refractivity contribution is 0.221. The standard InChI is InChI=1S/C16H26N2O2S/c1-14(2)17-13-15-4-3-5-16(12-15)20-9-6-18-7-10-21(19)11-8-18/h3-5,12,14,17H,6-11,13H2,1-2H3. The molecule has 0 aliphatic carbocycles. The van der Waals surface area contributed by atoms with Gasteiger partial charge in [-0.3, -0.25) is 9.11 Å². The van der Waals surface area contributed by atoms with Crippen LogP contribution in [0.15, 0.2) is 24.3 Å². The Hall–Kier alpha value is -0.910. The molecule has 0 radical (unpaired) electrons. The number of hydrogen-bond acceptors (Lipinski definition) is 4. The van der Waals surface area contributed by atoms with E-state index in [1.807, 2.05) is 12.1 Å². The van der Waals surface area contributed by atoms with Crippen molar-refractivity contribution in [2.45, 2.75) is 26.4 Å². The van der Waals surface area contributed by atoms with Crippen molar-refractivity contribution in [1.29, 1.82) is 0 Å². The van der Waals surface area contributed by atoms with Crippen LogP contribution in [0, 0.1) is 0 Å². The second kappa shape index (κ2) is 8.51. The van der Waals surface area contributed by atoms with Crippen LogP contribution in [0.1, 0.15) is 19.4 Å². The summed E-state index contributed by atoms with van der Waals surface area (Å²) in [5.41, 5.74) is 1.24. The average Bonchev–Trinajstić information content (AvgIpc) is 2.48. The minimum atomic E-state index is -0.601. The Morgan fingerprint density at radius 1 is 1.33 bits per heavy atom. The van der Waals surface area contributed by atoms with Gasteiger partial charge in [0, 0.05) is 54.5 Å². The third-order valence-electron chi connectivity index (χ3n) is 3.56. The maximum atomic E-state index is 11.3.